The van der Waals surface area contributed by atoms with Gasteiger partial charge in [0.15, 0.2) is 0 Å². The lowest BCUT2D eigenvalue weighted by Gasteiger charge is -2.10. The molecule has 162 valence electrons. The standard InChI is InChI=1S/C24H26N2O4S/c1-18-6-3-9-21(16-18)26-31(28,29)23-10-4-8-20(17-23)24(27)25-15-5-7-19-11-13-22(30-2)14-12-19/h3-4,6,8-14,16-17,26H,5,7,15H2,1-2H3,(H,25,27). The Morgan fingerprint density at radius 2 is 1.71 bits per heavy atom. The topological polar surface area (TPSA) is 84.5 Å². The molecule has 0 unspecified atom stereocenters. The number of benzene rings is 3. The first-order valence-corrected chi connectivity index (χ1v) is 11.5. The molecule has 2 N–H and O–H groups in total. The SMILES string of the molecule is COc1ccc(CCCNC(=O)c2cccc(S(=O)(=O)Nc3cccc(C)c3)c2)cc1. The summed E-state index contributed by atoms with van der Waals surface area (Å²) in [7, 11) is -2.16. The van der Waals surface area contributed by atoms with Gasteiger partial charge in [-0.1, -0.05) is 30.3 Å². The zero-order valence-corrected chi connectivity index (χ0v) is 18.4. The van der Waals surface area contributed by atoms with Crippen LogP contribution < -0.4 is 14.8 Å². The minimum atomic E-state index is -3.79. The Balaban J connectivity index is 1.57. The van der Waals surface area contributed by atoms with E-state index in [4.69, 9.17) is 4.74 Å². The van der Waals surface area contributed by atoms with Crippen LogP contribution in [0.4, 0.5) is 5.69 Å². The van der Waals surface area contributed by atoms with E-state index in [-0.39, 0.29) is 10.8 Å². The number of anilines is 1. The molecule has 0 spiro atoms. The molecule has 3 rings (SSSR count). The number of carbonyl (C=O) groups excluding carboxylic acids is 1. The summed E-state index contributed by atoms with van der Waals surface area (Å²) in [4.78, 5) is 12.5. The quantitative estimate of drug-likeness (QED) is 0.491. The smallest absolute Gasteiger partial charge is 0.261 e. The van der Waals surface area contributed by atoms with Crippen molar-refractivity contribution in [2.45, 2.75) is 24.7 Å². The van der Waals surface area contributed by atoms with Gasteiger partial charge in [0.25, 0.3) is 15.9 Å². The fraction of sp³-hybridized carbons (Fsp3) is 0.208. The van der Waals surface area contributed by atoms with E-state index in [1.807, 2.05) is 37.3 Å². The fourth-order valence-corrected chi connectivity index (χ4v) is 4.21. The Bertz CT molecular complexity index is 1140. The minimum absolute atomic E-state index is 0.0416. The van der Waals surface area contributed by atoms with Crippen LogP contribution >= 0.6 is 0 Å². The molecule has 0 aliphatic rings. The lowest BCUT2D eigenvalue weighted by molar-refractivity contribution is 0.0953. The predicted molar refractivity (Wildman–Crippen MR) is 122 cm³/mol. The molecule has 1 amide bonds. The summed E-state index contributed by atoms with van der Waals surface area (Å²) in [5.74, 6) is 0.506. The number of amides is 1. The third-order valence-electron chi connectivity index (χ3n) is 4.76. The molecule has 0 saturated heterocycles. The number of carbonyl (C=O) groups is 1. The Labute approximate surface area is 183 Å². The summed E-state index contributed by atoms with van der Waals surface area (Å²) in [6, 6.07) is 20.9. The van der Waals surface area contributed by atoms with E-state index in [9.17, 15) is 13.2 Å². The third kappa shape index (κ3) is 6.33. The van der Waals surface area contributed by atoms with Gasteiger partial charge in [0.1, 0.15) is 5.75 Å². The van der Waals surface area contributed by atoms with Crippen LogP contribution in [0.25, 0.3) is 0 Å². The van der Waals surface area contributed by atoms with Gasteiger partial charge >= 0.3 is 0 Å². The molecule has 0 aromatic heterocycles. The van der Waals surface area contributed by atoms with Crippen molar-refractivity contribution in [3.05, 3.63) is 89.5 Å². The van der Waals surface area contributed by atoms with Crippen LogP contribution in [0.15, 0.2) is 77.7 Å². The molecule has 7 heteroatoms. The monoisotopic (exact) mass is 438 g/mol. The van der Waals surface area contributed by atoms with Gasteiger partial charge in [-0.05, 0) is 73.4 Å². The van der Waals surface area contributed by atoms with Gasteiger partial charge in [-0.2, -0.15) is 0 Å². The summed E-state index contributed by atoms with van der Waals surface area (Å²) < 4.78 is 33.1. The van der Waals surface area contributed by atoms with Crippen LogP contribution in [-0.2, 0) is 16.4 Å². The Kier molecular flexibility index (Phi) is 7.31. The van der Waals surface area contributed by atoms with E-state index in [0.29, 0.717) is 17.8 Å². The molecule has 0 fully saturated rings. The first kappa shape index (κ1) is 22.4. The Hall–Kier alpha value is -3.32. The Morgan fingerprint density at radius 3 is 2.42 bits per heavy atom. The van der Waals surface area contributed by atoms with Crippen molar-refractivity contribution in [2.24, 2.45) is 0 Å². The van der Waals surface area contributed by atoms with Crippen molar-refractivity contribution in [2.75, 3.05) is 18.4 Å². The normalized spacial score (nSPS) is 11.0. The molecule has 0 bridgehead atoms. The van der Waals surface area contributed by atoms with Crippen molar-refractivity contribution >= 4 is 21.6 Å². The molecule has 0 aliphatic heterocycles. The van der Waals surface area contributed by atoms with E-state index < -0.39 is 10.0 Å². The maximum Gasteiger partial charge on any atom is 0.261 e. The second-order valence-electron chi connectivity index (χ2n) is 7.21. The van der Waals surface area contributed by atoms with Crippen LogP contribution in [0.1, 0.15) is 27.9 Å². The van der Waals surface area contributed by atoms with Crippen molar-refractivity contribution in [3.63, 3.8) is 0 Å². The van der Waals surface area contributed by atoms with E-state index in [0.717, 1.165) is 29.7 Å². The van der Waals surface area contributed by atoms with E-state index in [1.165, 1.54) is 12.1 Å². The summed E-state index contributed by atoms with van der Waals surface area (Å²) >= 11 is 0. The molecule has 0 saturated carbocycles. The highest BCUT2D eigenvalue weighted by atomic mass is 32.2. The van der Waals surface area contributed by atoms with Crippen molar-refractivity contribution < 1.29 is 17.9 Å². The number of sulfonamides is 1. The predicted octanol–water partition coefficient (Wildman–Crippen LogP) is 4.17. The average Bonchev–Trinajstić information content (AvgIpc) is 2.77. The molecule has 31 heavy (non-hydrogen) atoms. The molecular weight excluding hydrogens is 412 g/mol. The number of ether oxygens (including phenoxy) is 1. The number of rotatable bonds is 9. The summed E-state index contributed by atoms with van der Waals surface area (Å²) in [6.07, 6.45) is 1.59. The maximum absolute atomic E-state index is 12.7. The van der Waals surface area contributed by atoms with Crippen LogP contribution in [0.3, 0.4) is 0 Å². The summed E-state index contributed by atoms with van der Waals surface area (Å²) in [5.41, 5.74) is 2.89. The highest BCUT2D eigenvalue weighted by Crippen LogP contribution is 2.18. The van der Waals surface area contributed by atoms with Crippen LogP contribution in [0.2, 0.25) is 0 Å². The minimum Gasteiger partial charge on any atom is -0.497 e. The molecule has 0 aliphatic carbocycles. The number of hydrogen-bond donors (Lipinski definition) is 2. The van der Waals surface area contributed by atoms with Crippen molar-refractivity contribution in [1.29, 1.82) is 0 Å². The highest BCUT2D eigenvalue weighted by molar-refractivity contribution is 7.92. The second kappa shape index (κ2) is 10.1. The van der Waals surface area contributed by atoms with Crippen LogP contribution in [0.5, 0.6) is 5.75 Å². The van der Waals surface area contributed by atoms with Gasteiger partial charge in [-0.25, -0.2) is 8.42 Å². The number of hydrogen-bond acceptors (Lipinski definition) is 4. The van der Waals surface area contributed by atoms with Gasteiger partial charge in [0.05, 0.1) is 12.0 Å². The first-order chi connectivity index (χ1) is 14.9. The highest BCUT2D eigenvalue weighted by Gasteiger charge is 2.16. The van der Waals surface area contributed by atoms with Crippen molar-refractivity contribution in [1.82, 2.24) is 5.32 Å². The molecule has 6 nitrogen and oxygen atoms in total. The summed E-state index contributed by atoms with van der Waals surface area (Å²) in [5, 5.41) is 2.85. The van der Waals surface area contributed by atoms with E-state index >= 15 is 0 Å². The van der Waals surface area contributed by atoms with Gasteiger partial charge in [-0.15, -0.1) is 0 Å². The molecule has 0 radical (unpaired) electrons. The van der Waals surface area contributed by atoms with Gasteiger partial charge in [0.2, 0.25) is 0 Å². The Morgan fingerprint density at radius 1 is 0.968 bits per heavy atom. The molecule has 3 aromatic carbocycles. The maximum atomic E-state index is 12.7. The van der Waals surface area contributed by atoms with Crippen LogP contribution in [-0.4, -0.2) is 28.0 Å². The first-order valence-electron chi connectivity index (χ1n) is 9.98. The van der Waals surface area contributed by atoms with Crippen molar-refractivity contribution in [3.8, 4) is 5.75 Å². The van der Waals surface area contributed by atoms with Crippen LogP contribution in [0, 0.1) is 6.92 Å². The number of aryl methyl sites for hydroxylation is 2. The summed E-state index contributed by atoms with van der Waals surface area (Å²) in [6.45, 7) is 2.38. The molecular formula is C24H26N2O4S. The molecule has 0 atom stereocenters. The third-order valence-corrected chi connectivity index (χ3v) is 6.14. The number of methoxy groups -OCH3 is 1. The van der Waals surface area contributed by atoms with E-state index in [2.05, 4.69) is 10.0 Å². The lowest BCUT2D eigenvalue weighted by Crippen LogP contribution is -2.25. The van der Waals surface area contributed by atoms with Gasteiger partial charge < -0.3 is 10.1 Å². The molecule has 0 heterocycles. The average molecular weight is 439 g/mol. The van der Waals surface area contributed by atoms with Gasteiger partial charge in [0, 0.05) is 17.8 Å². The zero-order chi connectivity index (χ0) is 22.3. The molecule has 3 aromatic rings. The largest absolute Gasteiger partial charge is 0.497 e. The van der Waals surface area contributed by atoms with Gasteiger partial charge in [-0.3, -0.25) is 9.52 Å². The number of nitrogens with one attached hydrogen (secondary N) is 2. The zero-order valence-electron chi connectivity index (χ0n) is 17.6. The fourth-order valence-electron chi connectivity index (χ4n) is 3.12. The van der Waals surface area contributed by atoms with E-state index in [1.54, 1.807) is 37.4 Å². The second-order valence-corrected chi connectivity index (χ2v) is 8.89. The lowest BCUT2D eigenvalue weighted by atomic mass is 10.1.